The summed E-state index contributed by atoms with van der Waals surface area (Å²) in [5, 5.41) is 3.28. The van der Waals surface area contributed by atoms with Crippen LogP contribution in [0, 0.1) is 5.82 Å². The van der Waals surface area contributed by atoms with E-state index in [-0.39, 0.29) is 11.6 Å². The topological polar surface area (TPSA) is 55.1 Å². The van der Waals surface area contributed by atoms with Crippen molar-refractivity contribution in [1.29, 1.82) is 0 Å². The van der Waals surface area contributed by atoms with Gasteiger partial charge in [0, 0.05) is 10.5 Å². The smallest absolute Gasteiger partial charge is 0.253 e. The fourth-order valence-electron chi connectivity index (χ4n) is 2.58. The zero-order chi connectivity index (χ0) is 13.8. The van der Waals surface area contributed by atoms with Crippen LogP contribution in [0.25, 0.3) is 0 Å². The van der Waals surface area contributed by atoms with Gasteiger partial charge in [0.1, 0.15) is 5.82 Å². The third kappa shape index (κ3) is 3.69. The molecule has 19 heavy (non-hydrogen) atoms. The van der Waals surface area contributed by atoms with E-state index in [0.29, 0.717) is 10.2 Å². The molecule has 0 heterocycles. The van der Waals surface area contributed by atoms with Crippen molar-refractivity contribution in [3.05, 3.63) is 28.0 Å². The van der Waals surface area contributed by atoms with Gasteiger partial charge in [0.2, 0.25) is 0 Å². The molecule has 0 bridgehead atoms. The Kier molecular flexibility index (Phi) is 4.80. The van der Waals surface area contributed by atoms with Crippen LogP contribution < -0.4 is 11.1 Å². The van der Waals surface area contributed by atoms with Gasteiger partial charge in [-0.05, 0) is 25.0 Å². The van der Waals surface area contributed by atoms with Gasteiger partial charge in [0.15, 0.2) is 0 Å². The number of rotatable bonds is 3. The number of nitrogens with one attached hydrogen (secondary N) is 1. The Labute approximate surface area is 120 Å². The van der Waals surface area contributed by atoms with Gasteiger partial charge in [0.05, 0.1) is 11.3 Å². The molecular formula is C14H18BrFN2O. The van der Waals surface area contributed by atoms with Crippen LogP contribution in [0.5, 0.6) is 0 Å². The van der Waals surface area contributed by atoms with Crippen LogP contribution in [0.4, 0.5) is 10.1 Å². The molecule has 0 radical (unpaired) electrons. The van der Waals surface area contributed by atoms with Crippen molar-refractivity contribution in [2.45, 2.75) is 44.6 Å². The standard InChI is InChI=1S/C14H18BrFN2O/c15-9-7-11(16)13(14(17)19)12(8-9)18-10-5-3-1-2-4-6-10/h7-8,10,18H,1-6H2,(H2,17,19). The molecule has 1 aromatic rings. The van der Waals surface area contributed by atoms with E-state index in [1.54, 1.807) is 6.07 Å². The minimum absolute atomic E-state index is 0.0487. The van der Waals surface area contributed by atoms with Crippen molar-refractivity contribution < 1.29 is 9.18 Å². The molecule has 0 aliphatic heterocycles. The first kappa shape index (κ1) is 14.3. The van der Waals surface area contributed by atoms with Gasteiger partial charge in [-0.25, -0.2) is 4.39 Å². The Bertz CT molecular complexity index is 471. The van der Waals surface area contributed by atoms with Crippen molar-refractivity contribution in [3.8, 4) is 0 Å². The number of benzene rings is 1. The Morgan fingerprint density at radius 1 is 1.26 bits per heavy atom. The van der Waals surface area contributed by atoms with Gasteiger partial charge in [-0.3, -0.25) is 4.79 Å². The molecule has 0 aromatic heterocycles. The van der Waals surface area contributed by atoms with Crippen LogP contribution in [-0.2, 0) is 0 Å². The molecule has 0 spiro atoms. The van der Waals surface area contributed by atoms with Crippen molar-refractivity contribution in [2.75, 3.05) is 5.32 Å². The molecule has 1 aliphatic rings. The Morgan fingerprint density at radius 3 is 2.47 bits per heavy atom. The van der Waals surface area contributed by atoms with Crippen molar-refractivity contribution in [2.24, 2.45) is 5.73 Å². The summed E-state index contributed by atoms with van der Waals surface area (Å²) >= 11 is 3.24. The molecule has 0 unspecified atom stereocenters. The molecule has 1 aliphatic carbocycles. The van der Waals surface area contributed by atoms with Crippen molar-refractivity contribution in [3.63, 3.8) is 0 Å². The lowest BCUT2D eigenvalue weighted by atomic mass is 10.1. The predicted molar refractivity (Wildman–Crippen MR) is 77.7 cm³/mol. The highest BCUT2D eigenvalue weighted by Crippen LogP contribution is 2.28. The number of hydrogen-bond donors (Lipinski definition) is 2. The SMILES string of the molecule is NC(=O)c1c(F)cc(Br)cc1NC1CCCCCC1. The number of anilines is 1. The third-order valence-electron chi connectivity index (χ3n) is 3.52. The summed E-state index contributed by atoms with van der Waals surface area (Å²) in [6.07, 6.45) is 6.92. The fourth-order valence-corrected chi connectivity index (χ4v) is 3.01. The van der Waals surface area contributed by atoms with Crippen molar-refractivity contribution >= 4 is 27.5 Å². The summed E-state index contributed by atoms with van der Waals surface area (Å²) in [6.45, 7) is 0. The number of carbonyl (C=O) groups is 1. The van der Waals surface area contributed by atoms with Crippen LogP contribution in [-0.4, -0.2) is 11.9 Å². The van der Waals surface area contributed by atoms with Gasteiger partial charge in [-0.1, -0.05) is 41.6 Å². The molecule has 1 aromatic carbocycles. The molecule has 1 amide bonds. The molecule has 3 nitrogen and oxygen atoms in total. The number of carbonyl (C=O) groups excluding carboxylic acids is 1. The Hall–Kier alpha value is -1.10. The lowest BCUT2D eigenvalue weighted by Gasteiger charge is -2.20. The summed E-state index contributed by atoms with van der Waals surface area (Å²) in [6, 6.07) is 3.26. The summed E-state index contributed by atoms with van der Waals surface area (Å²) in [5.74, 6) is -1.32. The summed E-state index contributed by atoms with van der Waals surface area (Å²) in [7, 11) is 0. The average Bonchev–Trinajstić information content (AvgIpc) is 2.56. The second-order valence-corrected chi connectivity index (χ2v) is 5.92. The number of primary amides is 1. The van der Waals surface area contributed by atoms with Gasteiger partial charge in [-0.2, -0.15) is 0 Å². The monoisotopic (exact) mass is 328 g/mol. The minimum atomic E-state index is -0.735. The van der Waals surface area contributed by atoms with E-state index in [9.17, 15) is 9.18 Å². The lowest BCUT2D eigenvalue weighted by Crippen LogP contribution is -2.23. The summed E-state index contributed by atoms with van der Waals surface area (Å²) in [5.41, 5.74) is 5.71. The second kappa shape index (κ2) is 6.37. The van der Waals surface area contributed by atoms with E-state index >= 15 is 0 Å². The number of amides is 1. The zero-order valence-electron chi connectivity index (χ0n) is 10.7. The highest BCUT2D eigenvalue weighted by Gasteiger charge is 2.19. The van der Waals surface area contributed by atoms with Crippen LogP contribution in [0.15, 0.2) is 16.6 Å². The molecule has 1 fully saturated rings. The average molecular weight is 329 g/mol. The molecule has 2 rings (SSSR count). The highest BCUT2D eigenvalue weighted by molar-refractivity contribution is 9.10. The lowest BCUT2D eigenvalue weighted by molar-refractivity contribution is 0.0997. The molecule has 0 atom stereocenters. The quantitative estimate of drug-likeness (QED) is 0.828. The first-order chi connectivity index (χ1) is 9.08. The maximum Gasteiger partial charge on any atom is 0.253 e. The Balaban J connectivity index is 2.24. The second-order valence-electron chi connectivity index (χ2n) is 5.01. The molecule has 0 saturated heterocycles. The predicted octanol–water partition coefficient (Wildman–Crippen LogP) is 3.82. The normalized spacial score (nSPS) is 16.9. The minimum Gasteiger partial charge on any atom is -0.382 e. The fraction of sp³-hybridized carbons (Fsp3) is 0.500. The van der Waals surface area contributed by atoms with Gasteiger partial charge in [0.25, 0.3) is 5.91 Å². The molecular weight excluding hydrogens is 311 g/mol. The van der Waals surface area contributed by atoms with E-state index in [1.165, 1.54) is 31.7 Å². The van der Waals surface area contributed by atoms with Crippen molar-refractivity contribution in [1.82, 2.24) is 0 Å². The van der Waals surface area contributed by atoms with Crippen LogP contribution in [0.2, 0.25) is 0 Å². The highest BCUT2D eigenvalue weighted by atomic mass is 79.9. The largest absolute Gasteiger partial charge is 0.382 e. The molecule has 104 valence electrons. The van der Waals surface area contributed by atoms with Gasteiger partial charge >= 0.3 is 0 Å². The van der Waals surface area contributed by atoms with E-state index < -0.39 is 11.7 Å². The van der Waals surface area contributed by atoms with E-state index in [0.717, 1.165) is 12.8 Å². The van der Waals surface area contributed by atoms with Crippen LogP contribution in [0.3, 0.4) is 0 Å². The molecule has 3 N–H and O–H groups in total. The third-order valence-corrected chi connectivity index (χ3v) is 3.97. The van der Waals surface area contributed by atoms with E-state index in [2.05, 4.69) is 21.2 Å². The maximum absolute atomic E-state index is 13.8. The van der Waals surface area contributed by atoms with Gasteiger partial charge < -0.3 is 11.1 Å². The number of hydrogen-bond acceptors (Lipinski definition) is 2. The van der Waals surface area contributed by atoms with Crippen LogP contribution >= 0.6 is 15.9 Å². The molecule has 5 heteroatoms. The van der Waals surface area contributed by atoms with E-state index in [1.807, 2.05) is 0 Å². The summed E-state index contributed by atoms with van der Waals surface area (Å²) in [4.78, 5) is 11.4. The summed E-state index contributed by atoms with van der Waals surface area (Å²) < 4.78 is 14.4. The Morgan fingerprint density at radius 2 is 1.89 bits per heavy atom. The number of nitrogens with two attached hydrogens (primary N) is 1. The first-order valence-corrected chi connectivity index (χ1v) is 7.42. The zero-order valence-corrected chi connectivity index (χ0v) is 12.3. The maximum atomic E-state index is 13.8. The van der Waals surface area contributed by atoms with Gasteiger partial charge in [-0.15, -0.1) is 0 Å². The number of halogens is 2. The van der Waals surface area contributed by atoms with E-state index in [4.69, 9.17) is 5.73 Å². The molecule has 1 saturated carbocycles. The first-order valence-electron chi connectivity index (χ1n) is 6.63. The van der Waals surface area contributed by atoms with Crippen LogP contribution in [0.1, 0.15) is 48.9 Å².